The first kappa shape index (κ1) is 20.1. The summed E-state index contributed by atoms with van der Waals surface area (Å²) in [6, 6.07) is 17.9. The van der Waals surface area contributed by atoms with Crippen LogP contribution in [0.5, 0.6) is 0 Å². The molecule has 0 amide bonds. The number of hydrogen-bond donors (Lipinski definition) is 1. The predicted octanol–water partition coefficient (Wildman–Crippen LogP) is 4.82. The van der Waals surface area contributed by atoms with Crippen LogP contribution in [0.3, 0.4) is 0 Å². The fourth-order valence-corrected chi connectivity index (χ4v) is 4.40. The first-order valence-corrected chi connectivity index (χ1v) is 10.6. The van der Waals surface area contributed by atoms with Gasteiger partial charge in [-0.3, -0.25) is 4.79 Å². The standard InChI is InChI=1S/C26H27NO3/c1-3-18-12-14-20(15-13-18)24-23(26(29)30-16-19-8-5-4-6-9-19)17(2)27-21-10-7-11-22(28)25(21)24/h4-6,8-10,12-15,24-25,27H,3,7,11,16H2,1-2H3. The van der Waals surface area contributed by atoms with E-state index in [-0.39, 0.29) is 30.2 Å². The third kappa shape index (κ3) is 3.95. The van der Waals surface area contributed by atoms with Gasteiger partial charge in [-0.05, 0) is 36.5 Å². The maximum absolute atomic E-state index is 13.2. The van der Waals surface area contributed by atoms with Crippen molar-refractivity contribution < 1.29 is 14.3 Å². The van der Waals surface area contributed by atoms with Crippen LogP contribution in [-0.2, 0) is 27.4 Å². The molecule has 0 radical (unpaired) electrons. The van der Waals surface area contributed by atoms with E-state index in [4.69, 9.17) is 4.74 Å². The lowest BCUT2D eigenvalue weighted by Crippen LogP contribution is -2.40. The van der Waals surface area contributed by atoms with Crippen molar-refractivity contribution in [2.45, 2.75) is 45.6 Å². The summed E-state index contributed by atoms with van der Waals surface area (Å²) in [5.74, 6) is -0.898. The molecule has 0 bridgehead atoms. The zero-order chi connectivity index (χ0) is 21.1. The quantitative estimate of drug-likeness (QED) is 0.730. The summed E-state index contributed by atoms with van der Waals surface area (Å²) >= 11 is 0. The van der Waals surface area contributed by atoms with Crippen LogP contribution in [0.25, 0.3) is 0 Å². The summed E-state index contributed by atoms with van der Waals surface area (Å²) in [7, 11) is 0. The molecule has 4 rings (SSSR count). The highest BCUT2D eigenvalue weighted by Crippen LogP contribution is 2.43. The molecule has 0 saturated carbocycles. The Morgan fingerprint density at radius 1 is 1.03 bits per heavy atom. The number of carbonyl (C=O) groups is 2. The van der Waals surface area contributed by atoms with Crippen molar-refractivity contribution in [3.05, 3.63) is 94.3 Å². The largest absolute Gasteiger partial charge is 0.457 e. The molecule has 1 heterocycles. The summed E-state index contributed by atoms with van der Waals surface area (Å²) in [5.41, 5.74) is 5.36. The van der Waals surface area contributed by atoms with E-state index in [1.54, 1.807) is 0 Å². The van der Waals surface area contributed by atoms with Crippen molar-refractivity contribution in [2.75, 3.05) is 0 Å². The summed E-state index contributed by atoms with van der Waals surface area (Å²) in [6.07, 6.45) is 4.28. The second kappa shape index (κ2) is 8.70. The minimum Gasteiger partial charge on any atom is -0.457 e. The van der Waals surface area contributed by atoms with Crippen LogP contribution in [0.1, 0.15) is 49.3 Å². The highest BCUT2D eigenvalue weighted by Gasteiger charge is 2.43. The van der Waals surface area contributed by atoms with E-state index in [9.17, 15) is 9.59 Å². The van der Waals surface area contributed by atoms with Crippen molar-refractivity contribution in [3.8, 4) is 0 Å². The molecule has 0 fully saturated rings. The van der Waals surface area contributed by atoms with Gasteiger partial charge in [-0.25, -0.2) is 4.79 Å². The average molecular weight is 402 g/mol. The molecule has 0 saturated heterocycles. The third-order valence-corrected chi connectivity index (χ3v) is 6.00. The van der Waals surface area contributed by atoms with Crippen molar-refractivity contribution in [2.24, 2.45) is 5.92 Å². The Kier molecular flexibility index (Phi) is 5.84. The molecule has 0 aromatic heterocycles. The van der Waals surface area contributed by atoms with Gasteiger partial charge in [0.05, 0.1) is 11.5 Å². The molecule has 154 valence electrons. The van der Waals surface area contributed by atoms with Crippen LogP contribution in [0.2, 0.25) is 0 Å². The average Bonchev–Trinajstić information content (AvgIpc) is 2.77. The van der Waals surface area contributed by atoms with Gasteiger partial charge >= 0.3 is 5.97 Å². The maximum Gasteiger partial charge on any atom is 0.336 e. The Labute approximate surface area is 177 Å². The van der Waals surface area contributed by atoms with Gasteiger partial charge in [0.1, 0.15) is 12.4 Å². The van der Waals surface area contributed by atoms with Gasteiger partial charge in [-0.1, -0.05) is 67.6 Å². The predicted molar refractivity (Wildman–Crippen MR) is 116 cm³/mol. The summed E-state index contributed by atoms with van der Waals surface area (Å²) < 4.78 is 5.68. The number of hydrogen-bond acceptors (Lipinski definition) is 4. The monoisotopic (exact) mass is 401 g/mol. The van der Waals surface area contributed by atoms with Gasteiger partial charge in [0.15, 0.2) is 0 Å². The number of ketones is 1. The highest BCUT2D eigenvalue weighted by atomic mass is 16.5. The van der Waals surface area contributed by atoms with E-state index in [1.165, 1.54) is 5.56 Å². The number of fused-ring (bicyclic) bond motifs is 1. The Bertz CT molecular complexity index is 1000. The van der Waals surface area contributed by atoms with Gasteiger partial charge in [0, 0.05) is 23.7 Å². The number of esters is 1. The molecule has 2 unspecified atom stereocenters. The van der Waals surface area contributed by atoms with Crippen molar-refractivity contribution in [1.29, 1.82) is 0 Å². The SMILES string of the molecule is CCc1ccc(C2C(C(=O)OCc3ccccc3)=C(C)NC3=CCCC(=O)C32)cc1. The molecule has 30 heavy (non-hydrogen) atoms. The van der Waals surface area contributed by atoms with Gasteiger partial charge in [-0.2, -0.15) is 0 Å². The zero-order valence-corrected chi connectivity index (χ0v) is 17.5. The normalized spacial score (nSPS) is 20.9. The van der Waals surface area contributed by atoms with E-state index in [0.717, 1.165) is 35.4 Å². The number of carbonyl (C=O) groups excluding carboxylic acids is 2. The molecule has 2 aromatic carbocycles. The van der Waals surface area contributed by atoms with Crippen LogP contribution < -0.4 is 5.32 Å². The second-order valence-electron chi connectivity index (χ2n) is 7.94. The van der Waals surface area contributed by atoms with Gasteiger partial charge in [-0.15, -0.1) is 0 Å². The molecular formula is C26H27NO3. The third-order valence-electron chi connectivity index (χ3n) is 6.00. The Morgan fingerprint density at radius 3 is 2.47 bits per heavy atom. The molecular weight excluding hydrogens is 374 g/mol. The van der Waals surface area contributed by atoms with E-state index >= 15 is 0 Å². The van der Waals surface area contributed by atoms with Crippen LogP contribution in [-0.4, -0.2) is 11.8 Å². The molecule has 1 aliphatic carbocycles. The van der Waals surface area contributed by atoms with Crippen molar-refractivity contribution in [3.63, 3.8) is 0 Å². The number of aryl methyl sites for hydroxylation is 1. The number of Topliss-reactive ketones (excluding diaryl/α,β-unsaturated/α-hetero) is 1. The van der Waals surface area contributed by atoms with Crippen LogP contribution in [0.15, 0.2) is 77.6 Å². The number of rotatable bonds is 5. The fourth-order valence-electron chi connectivity index (χ4n) is 4.40. The number of nitrogens with one attached hydrogen (secondary N) is 1. The van der Waals surface area contributed by atoms with Gasteiger partial charge in [0.25, 0.3) is 0 Å². The topological polar surface area (TPSA) is 55.4 Å². The molecule has 4 nitrogen and oxygen atoms in total. The molecule has 2 atom stereocenters. The van der Waals surface area contributed by atoms with Crippen LogP contribution >= 0.6 is 0 Å². The Balaban J connectivity index is 1.70. The van der Waals surface area contributed by atoms with Crippen LogP contribution in [0, 0.1) is 5.92 Å². The molecule has 1 aliphatic heterocycles. The second-order valence-corrected chi connectivity index (χ2v) is 7.94. The summed E-state index contributed by atoms with van der Waals surface area (Å²) in [4.78, 5) is 26.2. The first-order chi connectivity index (χ1) is 14.6. The number of allylic oxidation sites excluding steroid dienone is 3. The molecule has 0 spiro atoms. The minimum atomic E-state index is -0.370. The van der Waals surface area contributed by atoms with Crippen molar-refractivity contribution in [1.82, 2.24) is 5.32 Å². The number of benzene rings is 2. The maximum atomic E-state index is 13.2. The Hall–Kier alpha value is -3.14. The van der Waals surface area contributed by atoms with Gasteiger partial charge in [0.2, 0.25) is 0 Å². The van der Waals surface area contributed by atoms with E-state index in [1.807, 2.05) is 49.4 Å². The van der Waals surface area contributed by atoms with E-state index in [2.05, 4.69) is 30.4 Å². The van der Waals surface area contributed by atoms with E-state index in [0.29, 0.717) is 12.0 Å². The number of ether oxygens (including phenoxy) is 1. The summed E-state index contributed by atoms with van der Waals surface area (Å²) in [5, 5.41) is 3.32. The van der Waals surface area contributed by atoms with Crippen LogP contribution in [0.4, 0.5) is 0 Å². The van der Waals surface area contributed by atoms with Gasteiger partial charge < -0.3 is 10.1 Å². The molecule has 2 aliphatic rings. The lowest BCUT2D eigenvalue weighted by Gasteiger charge is -2.38. The molecule has 4 heteroatoms. The molecule has 1 N–H and O–H groups in total. The first-order valence-electron chi connectivity index (χ1n) is 10.6. The Morgan fingerprint density at radius 2 is 1.77 bits per heavy atom. The van der Waals surface area contributed by atoms with Crippen molar-refractivity contribution >= 4 is 11.8 Å². The fraction of sp³-hybridized carbons (Fsp3) is 0.308. The molecule has 2 aromatic rings. The smallest absolute Gasteiger partial charge is 0.336 e. The highest BCUT2D eigenvalue weighted by molar-refractivity contribution is 5.96. The summed E-state index contributed by atoms with van der Waals surface area (Å²) in [6.45, 7) is 4.21. The minimum absolute atomic E-state index is 0.172. The lowest BCUT2D eigenvalue weighted by atomic mass is 9.71. The zero-order valence-electron chi connectivity index (χ0n) is 17.5. The lowest BCUT2D eigenvalue weighted by molar-refractivity contribution is -0.141. The van der Waals surface area contributed by atoms with E-state index < -0.39 is 0 Å².